The summed E-state index contributed by atoms with van der Waals surface area (Å²) in [6.45, 7) is 7.58. The van der Waals surface area contributed by atoms with Crippen LogP contribution in [0, 0.1) is 13.8 Å². The van der Waals surface area contributed by atoms with Gasteiger partial charge in [0.15, 0.2) is 0 Å². The van der Waals surface area contributed by atoms with Crippen LogP contribution in [0.2, 0.25) is 0 Å². The second kappa shape index (κ2) is 8.66. The fourth-order valence-corrected chi connectivity index (χ4v) is 3.33. The fourth-order valence-electron chi connectivity index (χ4n) is 3.33. The number of aromatic hydroxyl groups is 1. The largest absolute Gasteiger partial charge is 0.506 e. The molecule has 1 heterocycles. The molecule has 2 aromatic rings. The van der Waals surface area contributed by atoms with Crippen molar-refractivity contribution in [3.8, 4) is 11.5 Å². The van der Waals surface area contributed by atoms with Gasteiger partial charge < -0.3 is 25.0 Å². The topological polar surface area (TPSA) is 65.0 Å². The van der Waals surface area contributed by atoms with Gasteiger partial charge in [-0.3, -0.25) is 0 Å². The molecule has 144 valence electrons. The van der Waals surface area contributed by atoms with Crippen molar-refractivity contribution in [2.75, 3.05) is 44.2 Å². The first-order chi connectivity index (χ1) is 13.1. The average Bonchev–Trinajstić information content (AvgIpc) is 2.67. The number of anilines is 1. The zero-order valence-electron chi connectivity index (χ0n) is 15.9. The van der Waals surface area contributed by atoms with Gasteiger partial charge >= 0.3 is 6.03 Å². The highest BCUT2D eigenvalue weighted by molar-refractivity contribution is 5.74. The van der Waals surface area contributed by atoms with Gasteiger partial charge in [0.25, 0.3) is 0 Å². The lowest BCUT2D eigenvalue weighted by molar-refractivity contribution is 0.191. The van der Waals surface area contributed by atoms with Crippen molar-refractivity contribution in [1.82, 2.24) is 10.2 Å². The second-order valence-corrected chi connectivity index (χ2v) is 6.76. The van der Waals surface area contributed by atoms with Crippen molar-refractivity contribution in [1.29, 1.82) is 0 Å². The van der Waals surface area contributed by atoms with Crippen LogP contribution in [-0.2, 0) is 0 Å². The van der Waals surface area contributed by atoms with Crippen molar-refractivity contribution in [3.05, 3.63) is 53.6 Å². The third-order valence-corrected chi connectivity index (χ3v) is 4.82. The van der Waals surface area contributed by atoms with E-state index in [9.17, 15) is 9.90 Å². The zero-order chi connectivity index (χ0) is 19.2. The fraction of sp³-hybridized carbons (Fsp3) is 0.381. The quantitative estimate of drug-likeness (QED) is 0.796. The Balaban J connectivity index is 1.42. The van der Waals surface area contributed by atoms with E-state index in [2.05, 4.69) is 10.2 Å². The van der Waals surface area contributed by atoms with Gasteiger partial charge in [-0.05, 0) is 37.1 Å². The van der Waals surface area contributed by atoms with Gasteiger partial charge in [0, 0.05) is 26.2 Å². The number of para-hydroxylation sites is 3. The minimum absolute atomic E-state index is 0.0722. The molecule has 0 aromatic heterocycles. The first-order valence-corrected chi connectivity index (χ1v) is 9.31. The summed E-state index contributed by atoms with van der Waals surface area (Å²) in [7, 11) is 0. The Morgan fingerprint density at radius 3 is 2.37 bits per heavy atom. The van der Waals surface area contributed by atoms with Crippen LogP contribution in [0.5, 0.6) is 11.5 Å². The Bertz CT molecular complexity index is 766. The number of benzene rings is 2. The molecule has 1 aliphatic rings. The lowest BCUT2D eigenvalue weighted by Gasteiger charge is -2.36. The molecule has 2 aromatic carbocycles. The number of phenols is 1. The molecule has 1 aliphatic heterocycles. The van der Waals surface area contributed by atoms with E-state index in [1.807, 2.05) is 50.2 Å². The van der Waals surface area contributed by atoms with Crippen LogP contribution in [0.4, 0.5) is 10.5 Å². The molecule has 0 saturated carbocycles. The number of phenolic OH excluding ortho intramolecular Hbond substituents is 1. The lowest BCUT2D eigenvalue weighted by Crippen LogP contribution is -2.52. The number of aryl methyl sites for hydroxylation is 2. The number of hydrogen-bond donors (Lipinski definition) is 2. The van der Waals surface area contributed by atoms with Gasteiger partial charge in [0.05, 0.1) is 12.2 Å². The van der Waals surface area contributed by atoms with E-state index in [4.69, 9.17) is 4.74 Å². The Morgan fingerprint density at radius 2 is 1.70 bits per heavy atom. The van der Waals surface area contributed by atoms with Crippen molar-refractivity contribution in [2.45, 2.75) is 13.8 Å². The van der Waals surface area contributed by atoms with Gasteiger partial charge in [-0.25, -0.2) is 4.79 Å². The standard InChI is InChI=1S/C21H27N3O3/c1-16-6-5-7-17(2)20(16)27-15-10-22-21(26)24-13-11-23(12-14-24)18-8-3-4-9-19(18)25/h3-9,25H,10-15H2,1-2H3,(H,22,26). The van der Waals surface area contributed by atoms with E-state index in [1.54, 1.807) is 11.0 Å². The molecule has 1 fully saturated rings. The Labute approximate surface area is 160 Å². The molecule has 1 saturated heterocycles. The first-order valence-electron chi connectivity index (χ1n) is 9.31. The molecule has 6 nitrogen and oxygen atoms in total. The molecule has 0 radical (unpaired) electrons. The summed E-state index contributed by atoms with van der Waals surface area (Å²) in [5.74, 6) is 1.17. The molecule has 2 amide bonds. The molecule has 6 heteroatoms. The minimum Gasteiger partial charge on any atom is -0.506 e. The van der Waals surface area contributed by atoms with E-state index in [1.165, 1.54) is 0 Å². The predicted molar refractivity (Wildman–Crippen MR) is 107 cm³/mol. The zero-order valence-corrected chi connectivity index (χ0v) is 15.9. The molecule has 0 atom stereocenters. The van der Waals surface area contributed by atoms with Crippen LogP contribution in [0.25, 0.3) is 0 Å². The number of nitrogens with zero attached hydrogens (tertiary/aromatic N) is 2. The molecular weight excluding hydrogens is 342 g/mol. The Hall–Kier alpha value is -2.89. The van der Waals surface area contributed by atoms with Crippen LogP contribution in [0.15, 0.2) is 42.5 Å². The number of carbonyl (C=O) groups is 1. The second-order valence-electron chi connectivity index (χ2n) is 6.76. The summed E-state index contributed by atoms with van der Waals surface area (Å²) in [5, 5.41) is 12.9. The van der Waals surface area contributed by atoms with Crippen molar-refractivity contribution in [2.24, 2.45) is 0 Å². The van der Waals surface area contributed by atoms with Crippen molar-refractivity contribution >= 4 is 11.7 Å². The van der Waals surface area contributed by atoms with E-state index < -0.39 is 0 Å². The number of ether oxygens (including phenoxy) is 1. The van der Waals surface area contributed by atoms with E-state index in [0.717, 1.165) is 22.6 Å². The molecule has 2 N–H and O–H groups in total. The maximum atomic E-state index is 12.3. The average molecular weight is 369 g/mol. The molecular formula is C21H27N3O3. The lowest BCUT2D eigenvalue weighted by atomic mass is 10.1. The highest BCUT2D eigenvalue weighted by Gasteiger charge is 2.22. The van der Waals surface area contributed by atoms with Crippen LogP contribution in [-0.4, -0.2) is 55.4 Å². The van der Waals surface area contributed by atoms with Gasteiger partial charge in [-0.2, -0.15) is 0 Å². The highest BCUT2D eigenvalue weighted by atomic mass is 16.5. The van der Waals surface area contributed by atoms with Crippen molar-refractivity contribution in [3.63, 3.8) is 0 Å². The summed E-state index contributed by atoms with van der Waals surface area (Å²) in [5.41, 5.74) is 3.02. The third kappa shape index (κ3) is 4.64. The van der Waals surface area contributed by atoms with Gasteiger partial charge in [-0.1, -0.05) is 30.3 Å². The molecule has 3 rings (SSSR count). The SMILES string of the molecule is Cc1cccc(C)c1OCCNC(=O)N1CCN(c2ccccc2O)CC1. The minimum atomic E-state index is -0.0722. The summed E-state index contributed by atoms with van der Waals surface area (Å²) in [6.07, 6.45) is 0. The van der Waals surface area contributed by atoms with Crippen LogP contribution in [0.1, 0.15) is 11.1 Å². The third-order valence-electron chi connectivity index (χ3n) is 4.82. The number of hydrogen-bond acceptors (Lipinski definition) is 4. The number of rotatable bonds is 5. The van der Waals surface area contributed by atoms with E-state index >= 15 is 0 Å². The van der Waals surface area contributed by atoms with Crippen LogP contribution < -0.4 is 15.0 Å². The van der Waals surface area contributed by atoms with Crippen LogP contribution in [0.3, 0.4) is 0 Å². The van der Waals surface area contributed by atoms with E-state index in [-0.39, 0.29) is 11.8 Å². The number of nitrogens with one attached hydrogen (secondary N) is 1. The summed E-state index contributed by atoms with van der Waals surface area (Å²) in [6, 6.07) is 13.3. The number of piperazine rings is 1. The maximum absolute atomic E-state index is 12.3. The number of amides is 2. The first kappa shape index (κ1) is 18.9. The van der Waals surface area contributed by atoms with Crippen molar-refractivity contribution < 1.29 is 14.6 Å². The molecule has 0 spiro atoms. The molecule has 0 bridgehead atoms. The molecule has 0 unspecified atom stereocenters. The normalized spacial score (nSPS) is 14.1. The maximum Gasteiger partial charge on any atom is 0.317 e. The summed E-state index contributed by atoms with van der Waals surface area (Å²) in [4.78, 5) is 16.2. The summed E-state index contributed by atoms with van der Waals surface area (Å²) < 4.78 is 5.82. The predicted octanol–water partition coefficient (Wildman–Crippen LogP) is 2.92. The Kier molecular flexibility index (Phi) is 6.06. The Morgan fingerprint density at radius 1 is 1.04 bits per heavy atom. The van der Waals surface area contributed by atoms with E-state index in [0.29, 0.717) is 39.3 Å². The van der Waals surface area contributed by atoms with Gasteiger partial charge in [0.2, 0.25) is 0 Å². The van der Waals surface area contributed by atoms with Gasteiger partial charge in [0.1, 0.15) is 18.1 Å². The number of urea groups is 1. The van der Waals surface area contributed by atoms with Crippen LogP contribution >= 0.6 is 0 Å². The smallest absolute Gasteiger partial charge is 0.317 e. The summed E-state index contributed by atoms with van der Waals surface area (Å²) >= 11 is 0. The number of carbonyl (C=O) groups excluding carboxylic acids is 1. The highest BCUT2D eigenvalue weighted by Crippen LogP contribution is 2.27. The van der Waals surface area contributed by atoms with Gasteiger partial charge in [-0.15, -0.1) is 0 Å². The molecule has 27 heavy (non-hydrogen) atoms. The monoisotopic (exact) mass is 369 g/mol. The molecule has 0 aliphatic carbocycles.